The highest BCUT2D eigenvalue weighted by molar-refractivity contribution is 6.30. The number of fused-ring (bicyclic) bond motifs is 1. The first kappa shape index (κ1) is 18.4. The number of halogens is 1. The van der Waals surface area contributed by atoms with Crippen LogP contribution in [0.3, 0.4) is 0 Å². The van der Waals surface area contributed by atoms with Crippen LogP contribution in [0.15, 0.2) is 65.8 Å². The molecule has 2 heterocycles. The Kier molecular flexibility index (Phi) is 4.81. The summed E-state index contributed by atoms with van der Waals surface area (Å²) in [5.41, 5.74) is 1.70. The first-order valence-electron chi connectivity index (χ1n) is 8.54. The van der Waals surface area contributed by atoms with E-state index in [0.29, 0.717) is 33.0 Å². The third-order valence-electron chi connectivity index (χ3n) is 4.22. The van der Waals surface area contributed by atoms with Gasteiger partial charge in [0.1, 0.15) is 18.3 Å². The van der Waals surface area contributed by atoms with E-state index in [0.717, 1.165) is 0 Å². The van der Waals surface area contributed by atoms with Crippen molar-refractivity contribution in [1.29, 1.82) is 5.26 Å². The summed E-state index contributed by atoms with van der Waals surface area (Å²) in [7, 11) is 0. The van der Waals surface area contributed by atoms with Crippen molar-refractivity contribution in [2.24, 2.45) is 0 Å². The minimum absolute atomic E-state index is 0.204. The Morgan fingerprint density at radius 2 is 2.00 bits per heavy atom. The number of anilines is 1. The molecule has 0 bridgehead atoms. The quantitative estimate of drug-likeness (QED) is 0.563. The summed E-state index contributed by atoms with van der Waals surface area (Å²) < 4.78 is 2.73. The molecule has 0 aliphatic carbocycles. The average molecular weight is 405 g/mol. The first-order valence-corrected chi connectivity index (χ1v) is 8.92. The van der Waals surface area contributed by atoms with Crippen LogP contribution in [0, 0.1) is 11.3 Å². The van der Waals surface area contributed by atoms with Gasteiger partial charge < -0.3 is 5.32 Å². The molecule has 0 unspecified atom stereocenters. The Hall–Kier alpha value is -3.96. The summed E-state index contributed by atoms with van der Waals surface area (Å²) in [6.07, 6.45) is 2.73. The van der Waals surface area contributed by atoms with Crippen molar-refractivity contribution in [1.82, 2.24) is 19.3 Å². The summed E-state index contributed by atoms with van der Waals surface area (Å²) in [6.45, 7) is -0.204. The van der Waals surface area contributed by atoms with Gasteiger partial charge in [-0.25, -0.2) is 9.67 Å². The van der Waals surface area contributed by atoms with Crippen LogP contribution in [0.5, 0.6) is 0 Å². The van der Waals surface area contributed by atoms with Gasteiger partial charge >= 0.3 is 0 Å². The second-order valence-electron chi connectivity index (χ2n) is 6.19. The zero-order valence-corrected chi connectivity index (χ0v) is 15.7. The van der Waals surface area contributed by atoms with E-state index in [9.17, 15) is 9.59 Å². The summed E-state index contributed by atoms with van der Waals surface area (Å²) in [6, 6.07) is 15.5. The molecule has 2 aromatic heterocycles. The predicted octanol–water partition coefficient (Wildman–Crippen LogP) is 2.75. The number of hydrogen-bond acceptors (Lipinski definition) is 5. The van der Waals surface area contributed by atoms with Crippen LogP contribution < -0.4 is 10.9 Å². The lowest BCUT2D eigenvalue weighted by molar-refractivity contribution is -0.116. The van der Waals surface area contributed by atoms with Gasteiger partial charge in [-0.1, -0.05) is 17.7 Å². The number of aromatic nitrogens is 4. The van der Waals surface area contributed by atoms with E-state index in [4.69, 9.17) is 16.9 Å². The fraction of sp³-hybridized carbons (Fsp3) is 0.0500. The maximum atomic E-state index is 12.7. The molecule has 0 fully saturated rings. The summed E-state index contributed by atoms with van der Waals surface area (Å²) in [4.78, 5) is 29.3. The third-order valence-corrected chi connectivity index (χ3v) is 4.45. The number of carbonyl (C=O) groups is 1. The SMILES string of the molecule is N#Cc1ccc(NC(=O)Cn2cnc3c(cnn3-c3cccc(Cl)c3)c2=O)cc1. The molecule has 2 aromatic carbocycles. The van der Waals surface area contributed by atoms with E-state index in [1.165, 1.54) is 21.8 Å². The Labute approximate surface area is 169 Å². The molecule has 29 heavy (non-hydrogen) atoms. The standard InChI is InChI=1S/C20H13ClN6O2/c21-14-2-1-3-16(8-14)27-19-17(10-24-27)20(29)26(12-23-19)11-18(28)25-15-6-4-13(9-22)5-7-15/h1-8,10,12H,11H2,(H,25,28). The highest BCUT2D eigenvalue weighted by Crippen LogP contribution is 2.17. The average Bonchev–Trinajstić information content (AvgIpc) is 3.15. The Bertz CT molecular complexity index is 1320. The summed E-state index contributed by atoms with van der Waals surface area (Å²) in [5.74, 6) is -0.389. The van der Waals surface area contributed by atoms with Gasteiger partial charge in [0.05, 0.1) is 23.5 Å². The molecule has 8 nitrogen and oxygen atoms in total. The van der Waals surface area contributed by atoms with Gasteiger partial charge in [-0.15, -0.1) is 0 Å². The maximum Gasteiger partial charge on any atom is 0.264 e. The minimum Gasteiger partial charge on any atom is -0.325 e. The second-order valence-corrected chi connectivity index (χ2v) is 6.62. The Balaban J connectivity index is 1.58. The third kappa shape index (κ3) is 3.72. The molecule has 0 aliphatic heterocycles. The first-order chi connectivity index (χ1) is 14.0. The summed E-state index contributed by atoms with van der Waals surface area (Å²) in [5, 5.41) is 16.6. The molecule has 4 aromatic rings. The minimum atomic E-state index is -0.389. The van der Waals surface area contributed by atoms with Crippen molar-refractivity contribution < 1.29 is 4.79 Å². The second kappa shape index (κ2) is 7.58. The van der Waals surface area contributed by atoms with Gasteiger partial charge in [-0.3, -0.25) is 14.2 Å². The maximum absolute atomic E-state index is 12.7. The molecule has 142 valence electrons. The molecular formula is C20H13ClN6O2. The number of benzene rings is 2. The summed E-state index contributed by atoms with van der Waals surface area (Å²) >= 11 is 6.02. The molecule has 1 N–H and O–H groups in total. The number of nitrogens with one attached hydrogen (secondary N) is 1. The molecule has 0 saturated carbocycles. The van der Waals surface area contributed by atoms with Crippen LogP contribution in [-0.2, 0) is 11.3 Å². The number of hydrogen-bond donors (Lipinski definition) is 1. The molecule has 0 saturated heterocycles. The van der Waals surface area contributed by atoms with E-state index >= 15 is 0 Å². The molecule has 1 amide bonds. The highest BCUT2D eigenvalue weighted by Gasteiger charge is 2.13. The number of amides is 1. The van der Waals surface area contributed by atoms with Gasteiger partial charge in [0, 0.05) is 10.7 Å². The largest absolute Gasteiger partial charge is 0.325 e. The fourth-order valence-corrected chi connectivity index (χ4v) is 3.03. The zero-order chi connectivity index (χ0) is 20.4. The van der Waals surface area contributed by atoms with Gasteiger partial charge in [-0.2, -0.15) is 10.4 Å². The Morgan fingerprint density at radius 1 is 1.21 bits per heavy atom. The van der Waals surface area contributed by atoms with Crippen molar-refractivity contribution in [3.05, 3.63) is 82.0 Å². The van der Waals surface area contributed by atoms with Gasteiger partial charge in [0.2, 0.25) is 5.91 Å². The lowest BCUT2D eigenvalue weighted by Crippen LogP contribution is -2.27. The topological polar surface area (TPSA) is 106 Å². The van der Waals surface area contributed by atoms with Crippen LogP contribution in [0.1, 0.15) is 5.56 Å². The molecule has 4 rings (SSSR count). The van der Waals surface area contributed by atoms with Crippen molar-refractivity contribution in [3.8, 4) is 11.8 Å². The van der Waals surface area contributed by atoms with E-state index in [1.54, 1.807) is 48.5 Å². The normalized spacial score (nSPS) is 10.6. The van der Waals surface area contributed by atoms with E-state index < -0.39 is 0 Å². The molecule has 0 aliphatic rings. The van der Waals surface area contributed by atoms with Crippen molar-refractivity contribution in [2.75, 3.05) is 5.32 Å². The van der Waals surface area contributed by atoms with Crippen molar-refractivity contribution in [3.63, 3.8) is 0 Å². The number of nitriles is 1. The molecule has 0 spiro atoms. The van der Waals surface area contributed by atoms with E-state index in [-0.39, 0.29) is 18.0 Å². The smallest absolute Gasteiger partial charge is 0.264 e. The fourth-order valence-electron chi connectivity index (χ4n) is 2.84. The van der Waals surface area contributed by atoms with Gasteiger partial charge in [-0.05, 0) is 42.5 Å². The Morgan fingerprint density at radius 3 is 2.72 bits per heavy atom. The van der Waals surface area contributed by atoms with Crippen molar-refractivity contribution >= 4 is 34.2 Å². The van der Waals surface area contributed by atoms with Gasteiger partial charge in [0.25, 0.3) is 5.56 Å². The molecule has 9 heteroatoms. The van der Waals surface area contributed by atoms with E-state index in [1.807, 2.05) is 6.07 Å². The molecule has 0 atom stereocenters. The molecular weight excluding hydrogens is 392 g/mol. The lowest BCUT2D eigenvalue weighted by atomic mass is 10.2. The van der Waals surface area contributed by atoms with Crippen LogP contribution in [0.2, 0.25) is 5.02 Å². The van der Waals surface area contributed by atoms with Crippen molar-refractivity contribution in [2.45, 2.75) is 6.54 Å². The molecule has 0 radical (unpaired) electrons. The number of nitrogens with zero attached hydrogens (tertiary/aromatic N) is 5. The van der Waals surface area contributed by atoms with Crippen LogP contribution >= 0.6 is 11.6 Å². The van der Waals surface area contributed by atoms with Crippen LogP contribution in [-0.4, -0.2) is 25.2 Å². The highest BCUT2D eigenvalue weighted by atomic mass is 35.5. The van der Waals surface area contributed by atoms with Crippen LogP contribution in [0.25, 0.3) is 16.7 Å². The number of carbonyl (C=O) groups excluding carboxylic acids is 1. The predicted molar refractivity (Wildman–Crippen MR) is 108 cm³/mol. The zero-order valence-electron chi connectivity index (χ0n) is 14.9. The lowest BCUT2D eigenvalue weighted by Gasteiger charge is -2.08. The number of rotatable bonds is 4. The van der Waals surface area contributed by atoms with E-state index in [2.05, 4.69) is 15.4 Å². The monoisotopic (exact) mass is 404 g/mol. The van der Waals surface area contributed by atoms with Gasteiger partial charge in [0.15, 0.2) is 5.65 Å². The van der Waals surface area contributed by atoms with Crippen LogP contribution in [0.4, 0.5) is 5.69 Å².